The summed E-state index contributed by atoms with van der Waals surface area (Å²) in [5.74, 6) is 0. The van der Waals surface area contributed by atoms with Crippen LogP contribution in [-0.2, 0) is 11.2 Å². The molecule has 96 valence electrons. The van der Waals surface area contributed by atoms with Crippen LogP contribution in [0.15, 0.2) is 6.07 Å². The molecule has 6 heteroatoms. The van der Waals surface area contributed by atoms with Gasteiger partial charge in [0, 0.05) is 19.3 Å². The Hall–Kier alpha value is 0.0300. The molecule has 0 atom stereocenters. The normalized spacial score (nSPS) is 8.94. The summed E-state index contributed by atoms with van der Waals surface area (Å²) in [6, 6.07) is 1.70. The zero-order valence-electron chi connectivity index (χ0n) is 11.3. The Morgan fingerprint density at radius 2 is 2.11 bits per heavy atom. The summed E-state index contributed by atoms with van der Waals surface area (Å²) in [5.41, 5.74) is 2.28. The number of nitrogens with zero attached hydrogens (tertiary/aromatic N) is 1. The minimum atomic E-state index is 0. The molecule has 0 spiro atoms. The molecule has 0 aliphatic rings. The van der Waals surface area contributed by atoms with E-state index < -0.39 is 0 Å². The number of aromatic nitrogens is 1. The van der Waals surface area contributed by atoms with E-state index in [-0.39, 0.29) is 29.6 Å². The number of carbonyl (C=O) groups excluding carboxylic acids is 1. The van der Waals surface area contributed by atoms with Gasteiger partial charge in [-0.05, 0) is 31.4 Å². The number of methoxy groups -OCH3 is 1. The van der Waals surface area contributed by atoms with Gasteiger partial charge in [0.1, 0.15) is 5.15 Å². The summed E-state index contributed by atoms with van der Waals surface area (Å²) in [6.45, 7) is 2.52. The van der Waals surface area contributed by atoms with E-state index in [0.29, 0.717) is 23.7 Å². The van der Waals surface area contributed by atoms with Crippen molar-refractivity contribution in [2.24, 2.45) is 0 Å². The molecule has 0 aromatic carbocycles. The van der Waals surface area contributed by atoms with Crippen LogP contribution in [0.5, 0.6) is 0 Å². The van der Waals surface area contributed by atoms with Gasteiger partial charge in [-0.25, -0.2) is 4.98 Å². The average Bonchev–Trinajstić information content (AvgIpc) is 2.31. The first-order valence-corrected chi connectivity index (χ1v) is 5.57. The fourth-order valence-electron chi connectivity index (χ4n) is 1.44. The predicted octanol–water partition coefficient (Wildman–Crippen LogP) is -1.58. The number of aldehydes is 1. The van der Waals surface area contributed by atoms with E-state index in [1.165, 1.54) is 0 Å². The number of pyridine rings is 1. The molecule has 0 aliphatic carbocycles. The van der Waals surface area contributed by atoms with Crippen molar-refractivity contribution in [1.82, 2.24) is 4.98 Å². The third kappa shape index (κ3) is 6.83. The van der Waals surface area contributed by atoms with Crippen molar-refractivity contribution in [3.8, 4) is 0 Å². The largest absolute Gasteiger partial charge is 1.00 e. The molecule has 0 aliphatic heterocycles. The second-order valence-corrected chi connectivity index (χ2v) is 3.72. The molecular weight excluding hydrogens is 265 g/mol. The van der Waals surface area contributed by atoms with Crippen molar-refractivity contribution in [1.29, 1.82) is 0 Å². The zero-order chi connectivity index (χ0) is 13.3. The smallest absolute Gasteiger partial charge is 0.857 e. The van der Waals surface area contributed by atoms with Gasteiger partial charge in [0.25, 0.3) is 0 Å². The maximum absolute atomic E-state index is 10.9. The monoisotopic (exact) mass is 281 g/mol. The van der Waals surface area contributed by atoms with Gasteiger partial charge < -0.3 is 9.84 Å². The van der Waals surface area contributed by atoms with Crippen LogP contribution in [0.3, 0.4) is 0 Å². The molecule has 18 heavy (non-hydrogen) atoms. The Labute approximate surface area is 135 Å². The van der Waals surface area contributed by atoms with Gasteiger partial charge >= 0.3 is 29.6 Å². The number of hydrogen-bond donors (Lipinski definition) is 0. The number of ether oxygens (including phenoxy) is 1. The summed E-state index contributed by atoms with van der Waals surface area (Å²) in [4.78, 5) is 15.0. The van der Waals surface area contributed by atoms with E-state index in [9.17, 15) is 4.79 Å². The standard InChI is InChI=1S/C11H14ClNO2.CH3O.Na/c1-8-6-11(12)13-10(9(8)7-14)4-3-5-15-2;1-2;/h6-7H,3-5H2,1-2H3;1H3;/q;-1;+1. The van der Waals surface area contributed by atoms with Crippen molar-refractivity contribution >= 4 is 17.9 Å². The molecule has 0 unspecified atom stereocenters. The Morgan fingerprint density at radius 3 is 2.61 bits per heavy atom. The Morgan fingerprint density at radius 1 is 1.50 bits per heavy atom. The third-order valence-corrected chi connectivity index (χ3v) is 2.39. The molecule has 0 saturated carbocycles. The van der Waals surface area contributed by atoms with Gasteiger partial charge in [0.05, 0.1) is 5.69 Å². The minimum Gasteiger partial charge on any atom is -0.857 e. The molecular formula is C12H17ClNNaO3. The van der Waals surface area contributed by atoms with Crippen LogP contribution >= 0.6 is 11.6 Å². The topological polar surface area (TPSA) is 62.2 Å². The fraction of sp³-hybridized carbons (Fsp3) is 0.500. The quantitative estimate of drug-likeness (QED) is 0.283. The maximum atomic E-state index is 10.9. The van der Waals surface area contributed by atoms with E-state index in [1.807, 2.05) is 6.92 Å². The number of carbonyl (C=O) groups is 1. The van der Waals surface area contributed by atoms with Gasteiger partial charge in [-0.1, -0.05) is 11.6 Å². The van der Waals surface area contributed by atoms with E-state index in [0.717, 1.165) is 31.1 Å². The van der Waals surface area contributed by atoms with Crippen molar-refractivity contribution in [3.05, 3.63) is 28.0 Å². The van der Waals surface area contributed by atoms with Crippen LogP contribution in [0, 0.1) is 6.92 Å². The average molecular weight is 282 g/mol. The summed E-state index contributed by atoms with van der Waals surface area (Å²) < 4.78 is 4.95. The van der Waals surface area contributed by atoms with Gasteiger partial charge in [-0.3, -0.25) is 4.79 Å². The van der Waals surface area contributed by atoms with Crippen molar-refractivity contribution < 1.29 is 44.2 Å². The molecule has 1 aromatic rings. The second kappa shape index (κ2) is 12.1. The summed E-state index contributed by atoms with van der Waals surface area (Å²) in [5, 5.41) is 8.69. The summed E-state index contributed by atoms with van der Waals surface area (Å²) in [6.07, 6.45) is 2.38. The molecule has 0 radical (unpaired) electrons. The molecule has 4 nitrogen and oxygen atoms in total. The molecule has 0 fully saturated rings. The van der Waals surface area contributed by atoms with Crippen molar-refractivity contribution in [2.75, 3.05) is 20.8 Å². The van der Waals surface area contributed by atoms with Crippen LogP contribution in [0.4, 0.5) is 0 Å². The number of hydrogen-bond acceptors (Lipinski definition) is 4. The summed E-state index contributed by atoms with van der Waals surface area (Å²) in [7, 11) is 2.40. The Balaban J connectivity index is 0. The van der Waals surface area contributed by atoms with Crippen LogP contribution in [0.25, 0.3) is 0 Å². The van der Waals surface area contributed by atoms with Crippen LogP contribution < -0.4 is 34.7 Å². The predicted molar refractivity (Wildman–Crippen MR) is 65.5 cm³/mol. The molecule has 0 saturated heterocycles. The fourth-order valence-corrected chi connectivity index (χ4v) is 1.71. The summed E-state index contributed by atoms with van der Waals surface area (Å²) >= 11 is 5.83. The number of halogens is 1. The minimum absolute atomic E-state index is 0. The molecule has 1 aromatic heterocycles. The van der Waals surface area contributed by atoms with E-state index >= 15 is 0 Å². The molecule has 1 heterocycles. The molecule has 0 bridgehead atoms. The van der Waals surface area contributed by atoms with E-state index in [1.54, 1.807) is 13.2 Å². The van der Waals surface area contributed by atoms with Crippen molar-refractivity contribution in [2.45, 2.75) is 19.8 Å². The SMILES string of the molecule is COCCCc1nc(Cl)cc(C)c1C=O.C[O-].[Na+]. The zero-order valence-corrected chi connectivity index (χ0v) is 14.1. The first-order chi connectivity index (χ1) is 8.19. The van der Waals surface area contributed by atoms with Crippen LogP contribution in [-0.4, -0.2) is 32.1 Å². The Bertz CT molecular complexity index is 361. The van der Waals surface area contributed by atoms with Gasteiger partial charge in [0.15, 0.2) is 6.29 Å². The third-order valence-electron chi connectivity index (χ3n) is 2.19. The first kappa shape index (κ1) is 20.3. The molecule has 0 amide bonds. The molecule has 1 rings (SSSR count). The van der Waals surface area contributed by atoms with E-state index in [2.05, 4.69) is 4.98 Å². The van der Waals surface area contributed by atoms with Crippen LogP contribution in [0.1, 0.15) is 28.0 Å². The maximum Gasteiger partial charge on any atom is 1.00 e. The Kier molecular flexibility index (Phi) is 13.7. The van der Waals surface area contributed by atoms with Crippen molar-refractivity contribution in [3.63, 3.8) is 0 Å². The van der Waals surface area contributed by atoms with E-state index in [4.69, 9.17) is 21.4 Å². The van der Waals surface area contributed by atoms with Gasteiger partial charge in [-0.15, -0.1) is 0 Å². The van der Waals surface area contributed by atoms with Crippen LogP contribution in [0.2, 0.25) is 5.15 Å². The van der Waals surface area contributed by atoms with Gasteiger partial charge in [-0.2, -0.15) is 7.11 Å². The second-order valence-electron chi connectivity index (χ2n) is 3.34. The number of rotatable bonds is 5. The van der Waals surface area contributed by atoms with Gasteiger partial charge in [0.2, 0.25) is 0 Å². The first-order valence-electron chi connectivity index (χ1n) is 5.20. The molecule has 0 N–H and O–H groups in total. The number of aryl methyl sites for hydroxylation is 2.